The van der Waals surface area contributed by atoms with Crippen molar-refractivity contribution in [3.63, 3.8) is 0 Å². The van der Waals surface area contributed by atoms with Gasteiger partial charge in [-0.25, -0.2) is 17.9 Å². The fraction of sp³-hybridized carbons (Fsp3) is 0.400. The summed E-state index contributed by atoms with van der Waals surface area (Å²) in [6.07, 6.45) is 1.19. The van der Waals surface area contributed by atoms with Crippen molar-refractivity contribution < 1.29 is 27.9 Å². The second-order valence-electron chi connectivity index (χ2n) is 3.89. The number of aryl methyl sites for hydroxylation is 1. The molecule has 1 aromatic rings. The van der Waals surface area contributed by atoms with E-state index in [4.69, 9.17) is 15.6 Å². The van der Waals surface area contributed by atoms with E-state index in [0.29, 0.717) is 0 Å². The number of carbonyl (C=O) groups is 2. The van der Waals surface area contributed by atoms with Crippen molar-refractivity contribution in [2.45, 2.75) is 4.90 Å². The lowest BCUT2D eigenvalue weighted by atomic mass is 10.4. The maximum Gasteiger partial charge on any atom is 0.352 e. The molecule has 0 aliphatic rings. The number of rotatable bonds is 8. The molecule has 0 unspecified atom stereocenters. The number of nitrogens with zero attached hydrogens (tertiary/aromatic N) is 1. The van der Waals surface area contributed by atoms with E-state index < -0.39 is 21.9 Å². The number of hydrogen-bond acceptors (Lipinski definition) is 5. The first-order chi connectivity index (χ1) is 9.24. The molecule has 0 bridgehead atoms. The highest BCUT2D eigenvalue weighted by molar-refractivity contribution is 7.89. The number of nitrogens with one attached hydrogen (secondary N) is 1. The normalized spacial score (nSPS) is 11.4. The van der Waals surface area contributed by atoms with Crippen molar-refractivity contribution in [1.29, 1.82) is 0 Å². The van der Waals surface area contributed by atoms with E-state index in [9.17, 15) is 18.0 Å². The molecule has 0 radical (unpaired) electrons. The van der Waals surface area contributed by atoms with Gasteiger partial charge < -0.3 is 20.1 Å². The van der Waals surface area contributed by atoms with Crippen LogP contribution >= 0.6 is 0 Å². The number of primary amides is 1. The molecule has 0 aromatic carbocycles. The summed E-state index contributed by atoms with van der Waals surface area (Å²) < 4.78 is 31.9. The molecule has 9 nitrogen and oxygen atoms in total. The average Bonchev–Trinajstić information content (AvgIpc) is 2.71. The lowest BCUT2D eigenvalue weighted by molar-refractivity contribution is -0.122. The molecule has 4 N–H and O–H groups in total. The first kappa shape index (κ1) is 16.1. The zero-order valence-corrected chi connectivity index (χ0v) is 11.5. The van der Waals surface area contributed by atoms with Gasteiger partial charge in [-0.05, 0) is 6.07 Å². The van der Waals surface area contributed by atoms with Gasteiger partial charge >= 0.3 is 5.97 Å². The smallest absolute Gasteiger partial charge is 0.352 e. The van der Waals surface area contributed by atoms with Crippen LogP contribution in [0.3, 0.4) is 0 Å². The predicted octanol–water partition coefficient (Wildman–Crippen LogP) is -1.50. The summed E-state index contributed by atoms with van der Waals surface area (Å²) in [4.78, 5) is 21.1. The monoisotopic (exact) mass is 305 g/mol. The summed E-state index contributed by atoms with van der Waals surface area (Å²) in [7, 11) is -2.40. The first-order valence-corrected chi connectivity index (χ1v) is 6.97. The molecular weight excluding hydrogens is 290 g/mol. The van der Waals surface area contributed by atoms with Gasteiger partial charge in [0.25, 0.3) is 0 Å². The van der Waals surface area contributed by atoms with Gasteiger partial charge in [-0.1, -0.05) is 0 Å². The summed E-state index contributed by atoms with van der Waals surface area (Å²) in [5.41, 5.74) is 4.70. The van der Waals surface area contributed by atoms with Gasteiger partial charge in [0, 0.05) is 19.8 Å². The van der Waals surface area contributed by atoms with Gasteiger partial charge in [-0.2, -0.15) is 0 Å². The van der Waals surface area contributed by atoms with E-state index in [2.05, 4.69) is 4.72 Å². The van der Waals surface area contributed by atoms with Gasteiger partial charge in [-0.15, -0.1) is 0 Å². The molecule has 20 heavy (non-hydrogen) atoms. The molecule has 1 heterocycles. The van der Waals surface area contributed by atoms with Gasteiger partial charge in [0.05, 0.1) is 6.61 Å². The molecule has 0 spiro atoms. The van der Waals surface area contributed by atoms with Crippen molar-refractivity contribution >= 4 is 21.9 Å². The summed E-state index contributed by atoms with van der Waals surface area (Å²) in [5.74, 6) is -1.87. The number of carbonyl (C=O) groups excluding carboxylic acids is 1. The van der Waals surface area contributed by atoms with Gasteiger partial charge in [0.15, 0.2) is 0 Å². The number of nitrogens with two attached hydrogens (primary N) is 1. The number of amides is 1. The van der Waals surface area contributed by atoms with Crippen molar-refractivity contribution in [2.24, 2.45) is 12.8 Å². The Morgan fingerprint density at radius 1 is 1.50 bits per heavy atom. The van der Waals surface area contributed by atoms with Gasteiger partial charge in [0.1, 0.15) is 17.2 Å². The summed E-state index contributed by atoms with van der Waals surface area (Å²) in [5, 5.41) is 8.84. The van der Waals surface area contributed by atoms with E-state index in [1.807, 2.05) is 0 Å². The number of carboxylic acid groups (broad SMARTS) is 1. The van der Waals surface area contributed by atoms with Crippen LogP contribution in [0.5, 0.6) is 0 Å². The van der Waals surface area contributed by atoms with Crippen LogP contribution in [0.25, 0.3) is 0 Å². The standard InChI is InChI=1S/C10H15N3O6S/c1-13-5-7(4-8(13)10(15)16)20(17,18)12-2-3-19-6-9(11)14/h4-5,12H,2-3,6H2,1H3,(H2,11,14)(H,15,16). The zero-order chi connectivity index (χ0) is 15.3. The molecule has 0 saturated carbocycles. The van der Waals surface area contributed by atoms with Crippen LogP contribution in [0.1, 0.15) is 10.5 Å². The molecule has 10 heteroatoms. The van der Waals surface area contributed by atoms with Crippen molar-refractivity contribution in [3.05, 3.63) is 18.0 Å². The Morgan fingerprint density at radius 2 is 2.15 bits per heavy atom. The largest absolute Gasteiger partial charge is 0.477 e. The van der Waals surface area contributed by atoms with E-state index in [0.717, 1.165) is 6.07 Å². The number of aromatic nitrogens is 1. The molecular formula is C10H15N3O6S. The zero-order valence-electron chi connectivity index (χ0n) is 10.7. The minimum absolute atomic E-state index is 0.0270. The van der Waals surface area contributed by atoms with Crippen molar-refractivity contribution in [1.82, 2.24) is 9.29 Å². The Bertz CT molecular complexity index is 607. The fourth-order valence-corrected chi connectivity index (χ4v) is 2.48. The Labute approximate surface area is 115 Å². The maximum absolute atomic E-state index is 11.9. The molecule has 0 atom stereocenters. The molecule has 112 valence electrons. The highest BCUT2D eigenvalue weighted by atomic mass is 32.2. The number of carboxylic acids is 1. The predicted molar refractivity (Wildman–Crippen MR) is 67.6 cm³/mol. The number of hydrogen-bond donors (Lipinski definition) is 3. The maximum atomic E-state index is 11.9. The van der Waals surface area contributed by atoms with Crippen LogP contribution in [0.4, 0.5) is 0 Å². The third-order valence-corrected chi connectivity index (χ3v) is 3.72. The van der Waals surface area contributed by atoms with Crippen LogP contribution < -0.4 is 10.5 Å². The lowest BCUT2D eigenvalue weighted by Crippen LogP contribution is -2.28. The van der Waals surface area contributed by atoms with Crippen molar-refractivity contribution in [3.8, 4) is 0 Å². The SMILES string of the molecule is Cn1cc(S(=O)(=O)NCCOCC(N)=O)cc1C(=O)O. The van der Waals surface area contributed by atoms with Crippen LogP contribution in [0, 0.1) is 0 Å². The van der Waals surface area contributed by atoms with Crippen molar-refractivity contribution in [2.75, 3.05) is 19.8 Å². The highest BCUT2D eigenvalue weighted by Gasteiger charge is 2.19. The van der Waals surface area contributed by atoms with E-state index in [1.54, 1.807) is 0 Å². The quantitative estimate of drug-likeness (QED) is 0.499. The highest BCUT2D eigenvalue weighted by Crippen LogP contribution is 2.13. The minimum Gasteiger partial charge on any atom is -0.477 e. The third kappa shape index (κ3) is 4.33. The second-order valence-corrected chi connectivity index (χ2v) is 5.66. The Kier molecular flexibility index (Phi) is 5.25. The molecule has 0 saturated heterocycles. The molecule has 0 aliphatic carbocycles. The van der Waals surface area contributed by atoms with Crippen LogP contribution in [0.2, 0.25) is 0 Å². The first-order valence-electron chi connectivity index (χ1n) is 5.49. The summed E-state index contributed by atoms with van der Waals surface area (Å²) in [6, 6.07) is 1.05. The molecule has 1 rings (SSSR count). The fourth-order valence-electron chi connectivity index (χ4n) is 1.40. The van der Waals surface area contributed by atoms with Gasteiger partial charge in [-0.3, -0.25) is 4.79 Å². The molecule has 1 aromatic heterocycles. The summed E-state index contributed by atoms with van der Waals surface area (Å²) >= 11 is 0. The number of sulfonamides is 1. The minimum atomic E-state index is -3.83. The molecule has 0 aliphatic heterocycles. The van der Waals surface area contributed by atoms with Gasteiger partial charge in [0.2, 0.25) is 15.9 Å². The topological polar surface area (TPSA) is 141 Å². The second kappa shape index (κ2) is 6.50. The Balaban J connectivity index is 2.63. The Hall–Kier alpha value is -1.91. The van der Waals surface area contributed by atoms with Crippen LogP contribution in [0.15, 0.2) is 17.2 Å². The number of aromatic carboxylic acids is 1. The average molecular weight is 305 g/mol. The lowest BCUT2D eigenvalue weighted by Gasteiger charge is -2.04. The number of ether oxygens (including phenoxy) is 1. The van der Waals surface area contributed by atoms with E-state index >= 15 is 0 Å². The Morgan fingerprint density at radius 3 is 2.65 bits per heavy atom. The van der Waals surface area contributed by atoms with Crippen LogP contribution in [-0.4, -0.2) is 49.7 Å². The van der Waals surface area contributed by atoms with E-state index in [-0.39, 0.29) is 30.3 Å². The third-order valence-electron chi connectivity index (χ3n) is 2.29. The summed E-state index contributed by atoms with van der Waals surface area (Å²) in [6.45, 7) is -0.385. The molecule has 1 amide bonds. The van der Waals surface area contributed by atoms with E-state index in [1.165, 1.54) is 17.8 Å². The molecule has 0 fully saturated rings. The van der Waals surface area contributed by atoms with Crippen LogP contribution in [-0.2, 0) is 26.6 Å².